The number of anilines is 1. The molecule has 0 saturated heterocycles. The van der Waals surface area contributed by atoms with Gasteiger partial charge in [0.05, 0.1) is 18.0 Å². The molecule has 0 fully saturated rings. The van der Waals surface area contributed by atoms with Crippen molar-refractivity contribution in [1.82, 2.24) is 5.32 Å². The summed E-state index contributed by atoms with van der Waals surface area (Å²) in [5.41, 5.74) is 0.559. The van der Waals surface area contributed by atoms with Crippen molar-refractivity contribution in [2.75, 3.05) is 31.0 Å². The molecule has 6 nitrogen and oxygen atoms in total. The lowest BCUT2D eigenvalue weighted by molar-refractivity contribution is -0.113. The van der Waals surface area contributed by atoms with E-state index >= 15 is 0 Å². The lowest BCUT2D eigenvalue weighted by Gasteiger charge is -2.15. The Morgan fingerprint density at radius 2 is 2.05 bits per heavy atom. The van der Waals surface area contributed by atoms with Gasteiger partial charge in [-0.3, -0.25) is 4.79 Å². The minimum atomic E-state index is -0.561. The van der Waals surface area contributed by atoms with E-state index in [1.165, 1.54) is 18.8 Å². The van der Waals surface area contributed by atoms with Crippen LogP contribution in [0.1, 0.15) is 13.8 Å². The molecule has 1 aromatic carbocycles. The normalized spacial score (nSPS) is 10.2. The van der Waals surface area contributed by atoms with Crippen LogP contribution in [-0.2, 0) is 4.79 Å². The number of nitrogens with one attached hydrogen (secondary N) is 2. The van der Waals surface area contributed by atoms with Crippen molar-refractivity contribution in [2.24, 2.45) is 5.92 Å². The molecule has 2 N–H and O–H groups in total. The van der Waals surface area contributed by atoms with Gasteiger partial charge < -0.3 is 20.1 Å². The van der Waals surface area contributed by atoms with Gasteiger partial charge in [-0.1, -0.05) is 13.8 Å². The van der Waals surface area contributed by atoms with Crippen molar-refractivity contribution in [1.29, 1.82) is 0 Å². The van der Waals surface area contributed by atoms with Crippen LogP contribution in [0, 0.1) is 5.92 Å². The van der Waals surface area contributed by atoms with E-state index in [9.17, 15) is 9.59 Å². The van der Waals surface area contributed by atoms with E-state index in [0.29, 0.717) is 35.5 Å². The average Bonchev–Trinajstić information content (AvgIpc) is 2.47. The highest BCUT2D eigenvalue weighted by Crippen LogP contribution is 2.30. The molecule has 0 atom stereocenters. The summed E-state index contributed by atoms with van der Waals surface area (Å²) in [7, 11) is 1.48. The van der Waals surface area contributed by atoms with Crippen molar-refractivity contribution in [3.8, 4) is 11.5 Å². The van der Waals surface area contributed by atoms with Gasteiger partial charge in [0.1, 0.15) is 11.5 Å². The highest BCUT2D eigenvalue weighted by atomic mass is 32.2. The largest absolute Gasteiger partial charge is 0.491 e. The quantitative estimate of drug-likeness (QED) is 0.806. The van der Waals surface area contributed by atoms with Gasteiger partial charge in [0, 0.05) is 13.1 Å². The summed E-state index contributed by atoms with van der Waals surface area (Å²) in [6, 6.07) is 4.85. The molecular formula is C15H22N2O4S. The first-order chi connectivity index (χ1) is 10.5. The van der Waals surface area contributed by atoms with Crippen LogP contribution in [0.5, 0.6) is 11.5 Å². The Kier molecular flexibility index (Phi) is 7.59. The molecular weight excluding hydrogens is 304 g/mol. The number of benzene rings is 1. The van der Waals surface area contributed by atoms with Crippen molar-refractivity contribution < 1.29 is 19.1 Å². The Labute approximate surface area is 134 Å². The average molecular weight is 326 g/mol. The summed E-state index contributed by atoms with van der Waals surface area (Å²) in [5.74, 6) is 1.41. The number of thioether (sulfide) groups is 1. The van der Waals surface area contributed by atoms with Crippen LogP contribution in [0.2, 0.25) is 0 Å². The molecule has 2 amide bonds. The molecule has 0 bridgehead atoms. The summed E-state index contributed by atoms with van der Waals surface area (Å²) >= 11 is 1.44. The van der Waals surface area contributed by atoms with E-state index in [4.69, 9.17) is 9.47 Å². The standard InChI is InChI=1S/C15H22N2O4S/c1-10(2)8-20-13-7-11(21-15(19)16-3)5-6-12(13)17-14(18)9-22-4/h5-7,10H,8-9H2,1-4H3,(H,16,19)(H,17,18). The van der Waals surface area contributed by atoms with Gasteiger partial charge in [-0.25, -0.2) is 4.79 Å². The number of hydrogen-bond donors (Lipinski definition) is 2. The second-order valence-corrected chi connectivity index (χ2v) is 5.85. The summed E-state index contributed by atoms with van der Waals surface area (Å²) in [6.07, 6.45) is 1.30. The number of rotatable bonds is 7. The van der Waals surface area contributed by atoms with Gasteiger partial charge in [-0.15, -0.1) is 0 Å². The molecule has 0 spiro atoms. The molecule has 0 aliphatic carbocycles. The first-order valence-corrected chi connectivity index (χ1v) is 8.30. The minimum Gasteiger partial charge on any atom is -0.491 e. The predicted molar refractivity (Wildman–Crippen MR) is 88.9 cm³/mol. The molecule has 0 unspecified atom stereocenters. The Hall–Kier alpha value is -1.89. The van der Waals surface area contributed by atoms with Gasteiger partial charge in [0.25, 0.3) is 0 Å². The van der Waals surface area contributed by atoms with Crippen LogP contribution in [-0.4, -0.2) is 37.7 Å². The molecule has 0 aliphatic rings. The highest BCUT2D eigenvalue weighted by Gasteiger charge is 2.11. The third kappa shape index (κ3) is 6.26. The molecule has 0 aromatic heterocycles. The Morgan fingerprint density at radius 1 is 1.32 bits per heavy atom. The van der Waals surface area contributed by atoms with Gasteiger partial charge >= 0.3 is 6.09 Å². The third-order valence-electron chi connectivity index (χ3n) is 2.49. The van der Waals surface area contributed by atoms with Crippen LogP contribution < -0.4 is 20.1 Å². The zero-order valence-corrected chi connectivity index (χ0v) is 14.1. The summed E-state index contributed by atoms with van der Waals surface area (Å²) in [6.45, 7) is 4.54. The molecule has 0 heterocycles. The molecule has 7 heteroatoms. The van der Waals surface area contributed by atoms with Crippen LogP contribution >= 0.6 is 11.8 Å². The Morgan fingerprint density at radius 3 is 2.64 bits per heavy atom. The van der Waals surface area contributed by atoms with Gasteiger partial charge in [-0.2, -0.15) is 11.8 Å². The highest BCUT2D eigenvalue weighted by molar-refractivity contribution is 7.99. The molecule has 0 radical (unpaired) electrons. The minimum absolute atomic E-state index is 0.109. The summed E-state index contributed by atoms with van der Waals surface area (Å²) in [4.78, 5) is 23.0. The van der Waals surface area contributed by atoms with Crippen LogP contribution in [0.4, 0.5) is 10.5 Å². The SMILES string of the molecule is CNC(=O)Oc1ccc(NC(=O)CSC)c(OCC(C)C)c1. The van der Waals surface area contributed by atoms with Gasteiger partial charge in [0.15, 0.2) is 0 Å². The smallest absolute Gasteiger partial charge is 0.412 e. The van der Waals surface area contributed by atoms with Crippen molar-refractivity contribution in [3.05, 3.63) is 18.2 Å². The fraction of sp³-hybridized carbons (Fsp3) is 0.467. The zero-order valence-electron chi connectivity index (χ0n) is 13.3. The number of ether oxygens (including phenoxy) is 2. The number of hydrogen-bond acceptors (Lipinski definition) is 5. The van der Waals surface area contributed by atoms with E-state index in [0.717, 1.165) is 0 Å². The summed E-state index contributed by atoms with van der Waals surface area (Å²) < 4.78 is 10.8. The van der Waals surface area contributed by atoms with Gasteiger partial charge in [0.2, 0.25) is 5.91 Å². The predicted octanol–water partition coefficient (Wildman–Crippen LogP) is 2.74. The number of amides is 2. The molecule has 0 aliphatic heterocycles. The van der Waals surface area contributed by atoms with E-state index in [1.807, 2.05) is 20.1 Å². The topological polar surface area (TPSA) is 76.7 Å². The van der Waals surface area contributed by atoms with E-state index in [-0.39, 0.29) is 5.91 Å². The fourth-order valence-electron chi connectivity index (χ4n) is 1.52. The van der Waals surface area contributed by atoms with Crippen molar-refractivity contribution >= 4 is 29.4 Å². The Balaban J connectivity index is 2.93. The molecule has 22 heavy (non-hydrogen) atoms. The molecule has 0 saturated carbocycles. The lowest BCUT2D eigenvalue weighted by atomic mass is 10.2. The third-order valence-corrected chi connectivity index (χ3v) is 3.04. The first-order valence-electron chi connectivity index (χ1n) is 6.91. The lowest BCUT2D eigenvalue weighted by Crippen LogP contribution is -2.22. The van der Waals surface area contributed by atoms with Crippen molar-refractivity contribution in [3.63, 3.8) is 0 Å². The second-order valence-electron chi connectivity index (χ2n) is 4.98. The van der Waals surface area contributed by atoms with Crippen LogP contribution in [0.15, 0.2) is 18.2 Å². The molecule has 1 aromatic rings. The maximum atomic E-state index is 11.7. The van der Waals surface area contributed by atoms with Crippen molar-refractivity contribution in [2.45, 2.75) is 13.8 Å². The first kappa shape index (κ1) is 18.2. The number of carbonyl (C=O) groups is 2. The number of carbonyl (C=O) groups excluding carboxylic acids is 2. The Bertz CT molecular complexity index is 520. The van der Waals surface area contributed by atoms with Crippen LogP contribution in [0.3, 0.4) is 0 Å². The monoisotopic (exact) mass is 326 g/mol. The second kappa shape index (κ2) is 9.19. The molecule has 122 valence electrons. The maximum Gasteiger partial charge on any atom is 0.412 e. The summed E-state index contributed by atoms with van der Waals surface area (Å²) in [5, 5.41) is 5.16. The van der Waals surface area contributed by atoms with E-state index < -0.39 is 6.09 Å². The van der Waals surface area contributed by atoms with E-state index in [1.54, 1.807) is 18.2 Å². The fourth-order valence-corrected chi connectivity index (χ4v) is 1.86. The van der Waals surface area contributed by atoms with Crippen LogP contribution in [0.25, 0.3) is 0 Å². The molecule has 1 rings (SSSR count). The zero-order chi connectivity index (χ0) is 16.5. The van der Waals surface area contributed by atoms with E-state index in [2.05, 4.69) is 10.6 Å². The maximum absolute atomic E-state index is 11.7. The van der Waals surface area contributed by atoms with Gasteiger partial charge in [-0.05, 0) is 24.3 Å².